The molecule has 2 aliphatic rings. The van der Waals surface area contributed by atoms with E-state index in [0.717, 1.165) is 22.3 Å². The lowest BCUT2D eigenvalue weighted by Crippen LogP contribution is -2.40. The highest BCUT2D eigenvalue weighted by atomic mass is 19.1. The number of rotatable bonds is 6. The minimum atomic E-state index is -0.583. The maximum absolute atomic E-state index is 14.8. The number of benzene rings is 2. The average Bonchev–Trinajstić information content (AvgIpc) is 3.44. The van der Waals surface area contributed by atoms with Crippen molar-refractivity contribution >= 4 is 18.2 Å². The number of hydrogen-bond donors (Lipinski definition) is 1. The van der Waals surface area contributed by atoms with Crippen LogP contribution in [0.1, 0.15) is 91.0 Å². The highest BCUT2D eigenvalue weighted by molar-refractivity contribution is 5.90. The lowest BCUT2D eigenvalue weighted by Gasteiger charge is -2.31. The number of esters is 1. The third kappa shape index (κ3) is 10.3. The van der Waals surface area contributed by atoms with Crippen LogP contribution in [0, 0.1) is 11.6 Å². The summed E-state index contributed by atoms with van der Waals surface area (Å²) in [6.45, 7) is 12.5. The Morgan fingerprint density at radius 3 is 1.73 bits per heavy atom. The van der Waals surface area contributed by atoms with Crippen LogP contribution in [0.4, 0.5) is 18.4 Å². The van der Waals surface area contributed by atoms with Crippen molar-refractivity contribution in [2.75, 3.05) is 27.3 Å². The van der Waals surface area contributed by atoms with Gasteiger partial charge in [-0.2, -0.15) is 5.10 Å². The molecular weight excluding hydrogens is 666 g/mol. The van der Waals surface area contributed by atoms with Gasteiger partial charge in [-0.05, 0) is 101 Å². The van der Waals surface area contributed by atoms with Crippen LogP contribution >= 0.6 is 0 Å². The fourth-order valence-corrected chi connectivity index (χ4v) is 5.75. The molecule has 0 atom stereocenters. The zero-order valence-corrected chi connectivity index (χ0v) is 30.6. The molecule has 3 heterocycles. The molecule has 5 rings (SSSR count). The number of aliphatic hydroxyl groups excluding tert-OH is 1. The van der Waals surface area contributed by atoms with Crippen molar-refractivity contribution in [3.8, 4) is 0 Å². The number of methoxy groups -OCH3 is 2. The molecule has 51 heavy (non-hydrogen) atoms. The summed E-state index contributed by atoms with van der Waals surface area (Å²) in [6.07, 6.45) is 1.78. The number of ether oxygens (including phenoxy) is 4. The molecule has 278 valence electrons. The third-order valence-corrected chi connectivity index (χ3v) is 8.19. The van der Waals surface area contributed by atoms with Gasteiger partial charge >= 0.3 is 18.2 Å². The van der Waals surface area contributed by atoms with E-state index in [1.165, 1.54) is 37.2 Å². The second-order valence-corrected chi connectivity index (χ2v) is 14.5. The van der Waals surface area contributed by atoms with E-state index in [0.29, 0.717) is 50.3 Å². The highest BCUT2D eigenvalue weighted by Gasteiger charge is 2.28. The van der Waals surface area contributed by atoms with Gasteiger partial charge in [-0.3, -0.25) is 4.68 Å². The number of carbonyl (C=O) groups excluding carboxylic acids is 3. The number of halogens is 2. The molecule has 0 aliphatic carbocycles. The second kappa shape index (κ2) is 16.2. The lowest BCUT2D eigenvalue weighted by molar-refractivity contribution is 0.0213. The Labute approximate surface area is 297 Å². The van der Waals surface area contributed by atoms with Gasteiger partial charge in [-0.1, -0.05) is 0 Å². The van der Waals surface area contributed by atoms with Gasteiger partial charge in [0.25, 0.3) is 0 Å². The largest absolute Gasteiger partial charge is 0.465 e. The number of fused-ring (bicyclic) bond motifs is 2. The first-order chi connectivity index (χ1) is 23.9. The number of carbonyl (C=O) groups is 3. The van der Waals surface area contributed by atoms with E-state index in [9.17, 15) is 23.2 Å². The maximum Gasteiger partial charge on any atom is 0.410 e. The molecule has 0 radical (unpaired) electrons. The SMILES string of the molecule is CC(C)(C)OC(=O)N1CCc2cc(F)c(CO)cc2C1.COCc1c(C(=O)OC)cnn1Cc1cc2c(cc1F)CCN(C(=O)OC(C)(C)C)C2. The van der Waals surface area contributed by atoms with Gasteiger partial charge in [0.05, 0.1) is 38.8 Å². The Kier molecular flexibility index (Phi) is 12.5. The molecule has 0 fully saturated rings. The summed E-state index contributed by atoms with van der Waals surface area (Å²) < 4.78 is 50.7. The highest BCUT2D eigenvalue weighted by Crippen LogP contribution is 2.27. The van der Waals surface area contributed by atoms with E-state index in [1.807, 2.05) is 41.5 Å². The molecule has 0 spiro atoms. The van der Waals surface area contributed by atoms with Crippen molar-refractivity contribution in [1.82, 2.24) is 19.6 Å². The van der Waals surface area contributed by atoms with E-state index in [-0.39, 0.29) is 48.9 Å². The quantitative estimate of drug-likeness (QED) is 0.245. The molecule has 1 N–H and O–H groups in total. The number of aromatic nitrogens is 2. The molecule has 12 nitrogen and oxygen atoms in total. The van der Waals surface area contributed by atoms with Crippen LogP contribution in [0.15, 0.2) is 30.5 Å². The Bertz CT molecular complexity index is 1750. The predicted molar refractivity (Wildman–Crippen MR) is 183 cm³/mol. The van der Waals surface area contributed by atoms with E-state index in [1.54, 1.807) is 21.9 Å². The summed E-state index contributed by atoms with van der Waals surface area (Å²) in [7, 11) is 2.79. The summed E-state index contributed by atoms with van der Waals surface area (Å²) in [5.41, 5.74) is 3.82. The second-order valence-electron chi connectivity index (χ2n) is 14.5. The van der Waals surface area contributed by atoms with Gasteiger partial charge < -0.3 is 33.9 Å². The van der Waals surface area contributed by atoms with Gasteiger partial charge in [-0.15, -0.1) is 0 Å². The smallest absolute Gasteiger partial charge is 0.410 e. The van der Waals surface area contributed by atoms with Crippen LogP contribution in [0.25, 0.3) is 0 Å². The summed E-state index contributed by atoms with van der Waals surface area (Å²) in [5, 5.41) is 13.3. The van der Waals surface area contributed by atoms with E-state index < -0.39 is 23.0 Å². The maximum atomic E-state index is 14.8. The molecule has 2 aromatic carbocycles. The molecular formula is C37H48F2N4O8. The van der Waals surface area contributed by atoms with Crippen LogP contribution in [0.2, 0.25) is 0 Å². The zero-order valence-electron chi connectivity index (χ0n) is 30.6. The molecule has 14 heteroatoms. The summed E-state index contributed by atoms with van der Waals surface area (Å²) in [4.78, 5) is 39.7. The van der Waals surface area contributed by atoms with Gasteiger partial charge in [0.15, 0.2) is 0 Å². The molecule has 0 saturated heterocycles. The number of aliphatic hydroxyl groups is 1. The van der Waals surface area contributed by atoms with Crippen molar-refractivity contribution in [2.45, 2.75) is 98.4 Å². The van der Waals surface area contributed by atoms with Crippen LogP contribution in [0.3, 0.4) is 0 Å². The van der Waals surface area contributed by atoms with Crippen LogP contribution in [-0.4, -0.2) is 81.4 Å². The summed E-state index contributed by atoms with van der Waals surface area (Å²) in [6, 6.07) is 6.34. The Balaban J connectivity index is 0.000000251. The Morgan fingerprint density at radius 1 is 0.784 bits per heavy atom. The number of nitrogens with zero attached hydrogens (tertiary/aromatic N) is 4. The van der Waals surface area contributed by atoms with Crippen LogP contribution in [0.5, 0.6) is 0 Å². The van der Waals surface area contributed by atoms with Crippen molar-refractivity contribution in [2.24, 2.45) is 0 Å². The molecule has 0 unspecified atom stereocenters. The monoisotopic (exact) mass is 714 g/mol. The van der Waals surface area contributed by atoms with Crippen molar-refractivity contribution < 1.29 is 47.2 Å². The molecule has 3 aromatic rings. The van der Waals surface area contributed by atoms with Crippen LogP contribution in [-0.2, 0) is 64.6 Å². The topological polar surface area (TPSA) is 133 Å². The normalized spacial score (nSPS) is 14.2. The first-order valence-electron chi connectivity index (χ1n) is 16.7. The predicted octanol–water partition coefficient (Wildman–Crippen LogP) is 5.91. The fourth-order valence-electron chi connectivity index (χ4n) is 5.75. The Hall–Kier alpha value is -4.56. The molecule has 1 aromatic heterocycles. The number of amides is 2. The third-order valence-electron chi connectivity index (χ3n) is 8.19. The van der Waals surface area contributed by atoms with Gasteiger partial charge in [0, 0.05) is 44.4 Å². The summed E-state index contributed by atoms with van der Waals surface area (Å²) in [5.74, 6) is -1.28. The first kappa shape index (κ1) is 39.2. The standard InChI is InChI=1S/C22H28FN3O5.C15H20FNO3/c1-22(2,3)31-21(28)25-7-6-14-9-18(23)16(8-15(14)11-25)12-26-19(13-29-4)17(10-24-26)20(27)30-5;1-15(2,3)20-14(19)17-5-4-10-7-13(16)12(9-18)6-11(10)8-17/h8-10H,6-7,11-13H2,1-5H3;6-7,18H,4-5,8-9H2,1-3H3. The first-order valence-corrected chi connectivity index (χ1v) is 16.7. The fraction of sp³-hybridized carbons (Fsp3) is 0.514. The minimum Gasteiger partial charge on any atom is -0.465 e. The van der Waals surface area contributed by atoms with Crippen molar-refractivity contribution in [3.63, 3.8) is 0 Å². The molecule has 0 bridgehead atoms. The zero-order chi connectivity index (χ0) is 37.7. The molecule has 2 amide bonds. The van der Waals surface area contributed by atoms with Crippen molar-refractivity contribution in [3.05, 3.63) is 86.7 Å². The average molecular weight is 715 g/mol. The van der Waals surface area contributed by atoms with Gasteiger partial charge in [0.2, 0.25) is 0 Å². The summed E-state index contributed by atoms with van der Waals surface area (Å²) >= 11 is 0. The van der Waals surface area contributed by atoms with Gasteiger partial charge in [-0.25, -0.2) is 23.2 Å². The molecule has 2 aliphatic heterocycles. The van der Waals surface area contributed by atoms with E-state index >= 15 is 0 Å². The van der Waals surface area contributed by atoms with E-state index in [4.69, 9.17) is 24.1 Å². The minimum absolute atomic E-state index is 0.112. The van der Waals surface area contributed by atoms with Gasteiger partial charge in [0.1, 0.15) is 28.4 Å². The lowest BCUT2D eigenvalue weighted by atomic mass is 9.97. The molecule has 0 saturated carbocycles. The Morgan fingerprint density at radius 2 is 1.27 bits per heavy atom. The van der Waals surface area contributed by atoms with Crippen LogP contribution < -0.4 is 0 Å². The van der Waals surface area contributed by atoms with Crippen molar-refractivity contribution in [1.29, 1.82) is 0 Å². The van der Waals surface area contributed by atoms with E-state index in [2.05, 4.69) is 5.10 Å². The number of hydrogen-bond acceptors (Lipinski definition) is 9.